The predicted molar refractivity (Wildman–Crippen MR) is 108 cm³/mol. The minimum absolute atomic E-state index is 0.0831. The summed E-state index contributed by atoms with van der Waals surface area (Å²) in [5, 5.41) is 7.65. The van der Waals surface area contributed by atoms with E-state index in [4.69, 9.17) is 4.52 Å². The highest BCUT2D eigenvalue weighted by Gasteiger charge is 2.11. The number of amides is 1. The molecule has 0 bridgehead atoms. The maximum absolute atomic E-state index is 12.1. The number of rotatable bonds is 7. The average molecular weight is 393 g/mol. The van der Waals surface area contributed by atoms with Gasteiger partial charge < -0.3 is 14.8 Å². The number of aromatic amines is 1. The van der Waals surface area contributed by atoms with E-state index in [0.29, 0.717) is 23.9 Å². The van der Waals surface area contributed by atoms with Crippen molar-refractivity contribution < 1.29 is 9.32 Å². The number of H-pyrrole nitrogens is 1. The summed E-state index contributed by atoms with van der Waals surface area (Å²) in [6.45, 7) is 2.01. The molecule has 28 heavy (non-hydrogen) atoms. The minimum Gasteiger partial charge on any atom is -0.339 e. The first-order valence-electron chi connectivity index (χ1n) is 8.91. The van der Waals surface area contributed by atoms with Crippen LogP contribution >= 0.6 is 11.8 Å². The second-order valence-corrected chi connectivity index (χ2v) is 7.33. The third kappa shape index (κ3) is 4.58. The van der Waals surface area contributed by atoms with Crippen molar-refractivity contribution in [3.8, 4) is 0 Å². The van der Waals surface area contributed by atoms with Gasteiger partial charge in [0.05, 0.1) is 16.8 Å². The first-order chi connectivity index (χ1) is 13.7. The quantitative estimate of drug-likeness (QED) is 0.459. The normalized spacial score (nSPS) is 11.0. The summed E-state index contributed by atoms with van der Waals surface area (Å²) in [7, 11) is 0. The van der Waals surface area contributed by atoms with E-state index in [1.165, 1.54) is 11.8 Å². The highest BCUT2D eigenvalue weighted by molar-refractivity contribution is 7.98. The van der Waals surface area contributed by atoms with Gasteiger partial charge in [0.15, 0.2) is 11.0 Å². The van der Waals surface area contributed by atoms with Gasteiger partial charge >= 0.3 is 0 Å². The molecule has 142 valence electrons. The highest BCUT2D eigenvalue weighted by Crippen LogP contribution is 2.22. The number of para-hydroxylation sites is 2. The number of carbonyl (C=O) groups excluding carboxylic acids is 1. The van der Waals surface area contributed by atoms with Crippen LogP contribution in [0.25, 0.3) is 11.0 Å². The van der Waals surface area contributed by atoms with Crippen LogP contribution in [0.15, 0.2) is 58.2 Å². The molecule has 0 radical (unpaired) electrons. The van der Waals surface area contributed by atoms with Crippen molar-refractivity contribution in [3.63, 3.8) is 0 Å². The number of thioether (sulfide) groups is 1. The molecule has 0 spiro atoms. The summed E-state index contributed by atoms with van der Waals surface area (Å²) in [4.78, 5) is 24.2. The lowest BCUT2D eigenvalue weighted by Gasteiger charge is -2.04. The lowest BCUT2D eigenvalue weighted by Crippen LogP contribution is -2.12. The number of hydrogen-bond donors (Lipinski definition) is 2. The van der Waals surface area contributed by atoms with E-state index in [2.05, 4.69) is 25.4 Å². The molecule has 0 atom stereocenters. The molecule has 2 aromatic heterocycles. The Bertz CT molecular complexity index is 1050. The van der Waals surface area contributed by atoms with Crippen LogP contribution in [0, 0.1) is 6.92 Å². The maximum atomic E-state index is 12.1. The topological polar surface area (TPSA) is 96.7 Å². The van der Waals surface area contributed by atoms with Gasteiger partial charge in [-0.3, -0.25) is 4.79 Å². The van der Waals surface area contributed by atoms with E-state index in [-0.39, 0.29) is 12.3 Å². The van der Waals surface area contributed by atoms with Crippen LogP contribution in [0.1, 0.15) is 23.7 Å². The zero-order valence-electron chi connectivity index (χ0n) is 15.3. The lowest BCUT2D eigenvalue weighted by atomic mass is 10.2. The number of anilines is 1. The van der Waals surface area contributed by atoms with Gasteiger partial charge in [0.25, 0.3) is 0 Å². The van der Waals surface area contributed by atoms with Crippen LogP contribution in [0.5, 0.6) is 0 Å². The Labute approximate surface area is 166 Å². The third-order valence-electron chi connectivity index (χ3n) is 4.12. The fourth-order valence-electron chi connectivity index (χ4n) is 2.66. The number of benzene rings is 2. The Morgan fingerprint density at radius 1 is 1.14 bits per heavy atom. The van der Waals surface area contributed by atoms with Crippen LogP contribution in [0.3, 0.4) is 0 Å². The first-order valence-corrected chi connectivity index (χ1v) is 9.90. The molecule has 4 rings (SSSR count). The number of fused-ring (bicyclic) bond motifs is 1. The molecule has 2 N–H and O–H groups in total. The Hall–Kier alpha value is -3.13. The lowest BCUT2D eigenvalue weighted by molar-refractivity contribution is -0.116. The van der Waals surface area contributed by atoms with Gasteiger partial charge in [-0.25, -0.2) is 4.98 Å². The summed E-state index contributed by atoms with van der Waals surface area (Å²) in [6, 6.07) is 15.6. The van der Waals surface area contributed by atoms with E-state index in [0.717, 1.165) is 27.4 Å². The standard InChI is InChI=1S/C20H19N5O2S/c1-13-6-8-14(9-7-13)21-18(26)10-11-19-24-17(25-27-19)12-28-20-22-15-4-2-3-5-16(15)23-20/h2-9H,10-12H2,1H3,(H,21,26)(H,22,23). The average Bonchev–Trinajstić information content (AvgIpc) is 3.33. The molecule has 0 unspecified atom stereocenters. The number of aromatic nitrogens is 4. The van der Waals surface area contributed by atoms with Crippen molar-refractivity contribution in [2.75, 3.05) is 5.32 Å². The molecule has 0 aliphatic carbocycles. The van der Waals surface area contributed by atoms with Crippen LogP contribution in [0.2, 0.25) is 0 Å². The monoisotopic (exact) mass is 393 g/mol. The zero-order valence-corrected chi connectivity index (χ0v) is 16.1. The summed E-state index contributed by atoms with van der Waals surface area (Å²) >= 11 is 1.51. The number of nitrogens with zero attached hydrogens (tertiary/aromatic N) is 3. The van der Waals surface area contributed by atoms with Crippen molar-refractivity contribution in [1.82, 2.24) is 20.1 Å². The SMILES string of the molecule is Cc1ccc(NC(=O)CCc2nc(CSc3nc4ccccc4[nH]3)no2)cc1. The van der Waals surface area contributed by atoms with E-state index in [1.807, 2.05) is 55.5 Å². The van der Waals surface area contributed by atoms with Crippen molar-refractivity contribution in [2.45, 2.75) is 30.7 Å². The molecule has 0 aliphatic heterocycles. The van der Waals surface area contributed by atoms with E-state index < -0.39 is 0 Å². The van der Waals surface area contributed by atoms with Crippen molar-refractivity contribution in [1.29, 1.82) is 0 Å². The van der Waals surface area contributed by atoms with Gasteiger partial charge in [0.1, 0.15) is 0 Å². The smallest absolute Gasteiger partial charge is 0.227 e. The van der Waals surface area contributed by atoms with E-state index in [9.17, 15) is 4.79 Å². The molecule has 1 amide bonds. The number of carbonyl (C=O) groups is 1. The minimum atomic E-state index is -0.0831. The molecule has 0 fully saturated rings. The Kier molecular flexibility index (Phi) is 5.38. The molecule has 0 aliphatic rings. The van der Waals surface area contributed by atoms with Crippen molar-refractivity contribution in [2.24, 2.45) is 0 Å². The van der Waals surface area contributed by atoms with Gasteiger partial charge in [-0.1, -0.05) is 46.7 Å². The van der Waals surface area contributed by atoms with E-state index >= 15 is 0 Å². The number of imidazole rings is 1. The summed E-state index contributed by atoms with van der Waals surface area (Å²) in [6.07, 6.45) is 0.687. The molecular formula is C20H19N5O2S. The molecule has 7 nitrogen and oxygen atoms in total. The molecule has 2 aromatic carbocycles. The van der Waals surface area contributed by atoms with Gasteiger partial charge in [-0.15, -0.1) is 0 Å². The summed E-state index contributed by atoms with van der Waals surface area (Å²) < 4.78 is 5.24. The fourth-order valence-corrected chi connectivity index (χ4v) is 3.39. The molecular weight excluding hydrogens is 374 g/mol. The van der Waals surface area contributed by atoms with Crippen LogP contribution in [0.4, 0.5) is 5.69 Å². The number of aryl methyl sites for hydroxylation is 2. The molecule has 4 aromatic rings. The van der Waals surface area contributed by atoms with Gasteiger partial charge in [-0.2, -0.15) is 4.98 Å². The van der Waals surface area contributed by atoms with Crippen molar-refractivity contribution in [3.05, 3.63) is 65.8 Å². The molecule has 8 heteroatoms. The summed E-state index contributed by atoms with van der Waals surface area (Å²) in [5.41, 5.74) is 3.86. The summed E-state index contributed by atoms with van der Waals surface area (Å²) in [5.74, 6) is 1.50. The van der Waals surface area contributed by atoms with Crippen LogP contribution in [-0.2, 0) is 17.0 Å². The first kappa shape index (κ1) is 18.2. The van der Waals surface area contributed by atoms with E-state index in [1.54, 1.807) is 0 Å². The molecule has 2 heterocycles. The Morgan fingerprint density at radius 3 is 2.79 bits per heavy atom. The second-order valence-electron chi connectivity index (χ2n) is 6.37. The number of hydrogen-bond acceptors (Lipinski definition) is 6. The fraction of sp³-hybridized carbons (Fsp3) is 0.200. The zero-order chi connectivity index (χ0) is 19.3. The van der Waals surface area contributed by atoms with Gasteiger partial charge in [0.2, 0.25) is 11.8 Å². The maximum Gasteiger partial charge on any atom is 0.227 e. The van der Waals surface area contributed by atoms with Gasteiger partial charge in [0, 0.05) is 18.5 Å². The van der Waals surface area contributed by atoms with Crippen molar-refractivity contribution >= 4 is 34.4 Å². The van der Waals surface area contributed by atoms with Crippen LogP contribution < -0.4 is 5.32 Å². The second kappa shape index (κ2) is 8.26. The Morgan fingerprint density at radius 2 is 1.96 bits per heavy atom. The molecule has 0 saturated carbocycles. The number of nitrogens with one attached hydrogen (secondary N) is 2. The van der Waals surface area contributed by atoms with Gasteiger partial charge in [-0.05, 0) is 31.2 Å². The van der Waals surface area contributed by atoms with Crippen LogP contribution in [-0.4, -0.2) is 26.0 Å². The largest absolute Gasteiger partial charge is 0.339 e. The Balaban J connectivity index is 1.26. The molecule has 0 saturated heterocycles. The predicted octanol–water partition coefficient (Wildman–Crippen LogP) is 4.12. The highest BCUT2D eigenvalue weighted by atomic mass is 32.2. The third-order valence-corrected chi connectivity index (χ3v) is 4.99.